The number of rotatable bonds is 12. The van der Waals surface area contributed by atoms with Gasteiger partial charge in [0.05, 0.1) is 10.6 Å². The molecule has 1 atom stereocenters. The van der Waals surface area contributed by atoms with Crippen molar-refractivity contribution in [2.45, 2.75) is 75.9 Å². The molecule has 1 N–H and O–H groups in total. The van der Waals surface area contributed by atoms with E-state index in [4.69, 9.17) is 11.6 Å². The van der Waals surface area contributed by atoms with Crippen molar-refractivity contribution in [2.24, 2.45) is 0 Å². The summed E-state index contributed by atoms with van der Waals surface area (Å²) in [5.74, 6) is -0.730. The standard InChI is InChI=1S/C38H42ClN3O4S/c1-28-18-23-35(29(2)24-28)42(47(45,46)34-16-10-5-11-17-34)27-37(43)41(26-31-19-21-32(39)22-20-31)36(25-30-12-6-3-7-13-30)38(44)40-33-14-8-4-9-15-33/h3,5-7,10-13,16-24,33,36H,4,8-9,14-15,25-27H2,1-2H3,(H,40,44)/t36-/m0/s1. The average molecular weight is 672 g/mol. The molecule has 5 rings (SSSR count). The zero-order valence-electron chi connectivity index (χ0n) is 26.9. The first kappa shape index (κ1) is 34.2. The summed E-state index contributed by atoms with van der Waals surface area (Å²) in [5.41, 5.74) is 3.77. The van der Waals surface area contributed by atoms with Crippen LogP contribution in [-0.4, -0.2) is 43.8 Å². The van der Waals surface area contributed by atoms with Crippen LogP contribution in [0.15, 0.2) is 108 Å². The first-order valence-electron chi connectivity index (χ1n) is 16.1. The number of hydrogen-bond donors (Lipinski definition) is 1. The van der Waals surface area contributed by atoms with E-state index in [1.807, 2.05) is 68.4 Å². The van der Waals surface area contributed by atoms with Crippen molar-refractivity contribution in [3.8, 4) is 0 Å². The highest BCUT2D eigenvalue weighted by Gasteiger charge is 2.35. The van der Waals surface area contributed by atoms with Crippen molar-refractivity contribution in [1.82, 2.24) is 10.2 Å². The Morgan fingerprint density at radius 3 is 2.11 bits per heavy atom. The maximum Gasteiger partial charge on any atom is 0.264 e. The second-order valence-corrected chi connectivity index (χ2v) is 14.6. The van der Waals surface area contributed by atoms with E-state index in [0.29, 0.717) is 10.7 Å². The molecule has 1 saturated carbocycles. The quantitative estimate of drug-likeness (QED) is 0.172. The van der Waals surface area contributed by atoms with E-state index < -0.39 is 28.5 Å². The molecule has 0 bridgehead atoms. The van der Waals surface area contributed by atoms with Gasteiger partial charge in [-0.1, -0.05) is 109 Å². The number of halogens is 1. The molecule has 0 saturated heterocycles. The second kappa shape index (κ2) is 15.6. The van der Waals surface area contributed by atoms with Crippen LogP contribution in [0.3, 0.4) is 0 Å². The zero-order valence-corrected chi connectivity index (χ0v) is 28.5. The Morgan fingerprint density at radius 1 is 0.830 bits per heavy atom. The fourth-order valence-electron chi connectivity index (χ4n) is 6.20. The van der Waals surface area contributed by atoms with Crippen LogP contribution in [0.1, 0.15) is 54.4 Å². The number of amides is 2. The van der Waals surface area contributed by atoms with Crippen molar-refractivity contribution in [1.29, 1.82) is 0 Å². The third-order valence-electron chi connectivity index (χ3n) is 8.72. The number of aryl methyl sites for hydroxylation is 2. The largest absolute Gasteiger partial charge is 0.352 e. The Labute approximate surface area is 283 Å². The fraction of sp³-hybridized carbons (Fsp3) is 0.316. The van der Waals surface area contributed by atoms with E-state index in [1.54, 1.807) is 36.4 Å². The van der Waals surface area contributed by atoms with Crippen LogP contribution in [0.4, 0.5) is 5.69 Å². The van der Waals surface area contributed by atoms with Gasteiger partial charge in [0.25, 0.3) is 10.0 Å². The Hall–Kier alpha value is -4.14. The summed E-state index contributed by atoms with van der Waals surface area (Å²) in [6.07, 6.45) is 5.29. The van der Waals surface area contributed by atoms with Gasteiger partial charge in [0.1, 0.15) is 12.6 Å². The minimum absolute atomic E-state index is 0.0344. The highest BCUT2D eigenvalue weighted by Crippen LogP contribution is 2.29. The normalized spacial score (nSPS) is 14.3. The molecule has 7 nitrogen and oxygen atoms in total. The lowest BCUT2D eigenvalue weighted by Gasteiger charge is -2.35. The lowest BCUT2D eigenvalue weighted by Crippen LogP contribution is -2.55. The molecule has 1 aliphatic carbocycles. The van der Waals surface area contributed by atoms with Crippen LogP contribution >= 0.6 is 11.6 Å². The Balaban J connectivity index is 1.57. The van der Waals surface area contributed by atoms with Crippen molar-refractivity contribution < 1.29 is 18.0 Å². The van der Waals surface area contributed by atoms with E-state index in [2.05, 4.69) is 5.32 Å². The highest BCUT2D eigenvalue weighted by molar-refractivity contribution is 7.92. The van der Waals surface area contributed by atoms with Crippen LogP contribution in [0, 0.1) is 13.8 Å². The SMILES string of the molecule is Cc1ccc(N(CC(=O)N(Cc2ccc(Cl)cc2)[C@@H](Cc2ccccc2)C(=O)NC2CCCCC2)S(=O)(=O)c2ccccc2)c(C)c1. The number of nitrogens with one attached hydrogen (secondary N) is 1. The molecule has 9 heteroatoms. The summed E-state index contributed by atoms with van der Waals surface area (Å²) in [7, 11) is -4.16. The van der Waals surface area contributed by atoms with Crippen LogP contribution in [0.25, 0.3) is 0 Å². The van der Waals surface area contributed by atoms with Crippen molar-refractivity contribution >= 4 is 39.1 Å². The molecule has 0 spiro atoms. The van der Waals surface area contributed by atoms with Crippen LogP contribution in [-0.2, 0) is 32.6 Å². The van der Waals surface area contributed by atoms with Gasteiger partial charge in [0.15, 0.2) is 0 Å². The van der Waals surface area contributed by atoms with Gasteiger partial charge in [-0.25, -0.2) is 8.42 Å². The lowest BCUT2D eigenvalue weighted by atomic mass is 9.94. The predicted octanol–water partition coefficient (Wildman–Crippen LogP) is 7.24. The number of nitrogens with zero attached hydrogens (tertiary/aromatic N) is 2. The fourth-order valence-corrected chi connectivity index (χ4v) is 7.83. The van der Waals surface area contributed by atoms with Crippen LogP contribution < -0.4 is 9.62 Å². The number of sulfonamides is 1. The maximum atomic E-state index is 14.7. The molecule has 4 aromatic rings. The summed E-state index contributed by atoms with van der Waals surface area (Å²) >= 11 is 6.19. The van der Waals surface area contributed by atoms with Crippen molar-refractivity contribution in [2.75, 3.05) is 10.8 Å². The van der Waals surface area contributed by atoms with E-state index in [1.165, 1.54) is 21.3 Å². The highest BCUT2D eigenvalue weighted by atomic mass is 35.5. The molecular weight excluding hydrogens is 630 g/mol. The number of carbonyl (C=O) groups is 2. The number of carbonyl (C=O) groups excluding carboxylic acids is 2. The number of hydrogen-bond acceptors (Lipinski definition) is 4. The monoisotopic (exact) mass is 671 g/mol. The van der Waals surface area contributed by atoms with Gasteiger partial charge in [-0.2, -0.15) is 0 Å². The molecule has 1 aliphatic rings. The smallest absolute Gasteiger partial charge is 0.264 e. The van der Waals surface area contributed by atoms with Gasteiger partial charge in [-0.05, 0) is 73.7 Å². The Bertz CT molecular complexity index is 1760. The van der Waals surface area contributed by atoms with E-state index in [9.17, 15) is 18.0 Å². The third kappa shape index (κ3) is 8.82. The van der Waals surface area contributed by atoms with Crippen LogP contribution in [0.5, 0.6) is 0 Å². The summed E-state index contributed by atoms with van der Waals surface area (Å²) in [5, 5.41) is 3.79. The van der Waals surface area contributed by atoms with Gasteiger partial charge in [0, 0.05) is 24.0 Å². The van der Waals surface area contributed by atoms with E-state index in [-0.39, 0.29) is 29.8 Å². The molecule has 47 heavy (non-hydrogen) atoms. The first-order valence-corrected chi connectivity index (χ1v) is 18.0. The number of benzene rings is 4. The minimum atomic E-state index is -4.16. The van der Waals surface area contributed by atoms with Crippen LogP contribution in [0.2, 0.25) is 5.02 Å². The first-order chi connectivity index (χ1) is 22.6. The molecule has 246 valence electrons. The molecule has 1 fully saturated rings. The second-order valence-electron chi connectivity index (χ2n) is 12.3. The molecular formula is C38H42ClN3O4S. The molecule has 0 radical (unpaired) electrons. The van der Waals surface area contributed by atoms with Gasteiger partial charge in [-0.3, -0.25) is 13.9 Å². The lowest BCUT2D eigenvalue weighted by molar-refractivity contribution is -0.140. The summed E-state index contributed by atoms with van der Waals surface area (Å²) in [6, 6.07) is 29.5. The Kier molecular flexibility index (Phi) is 11.4. The van der Waals surface area contributed by atoms with Crippen molar-refractivity contribution in [3.63, 3.8) is 0 Å². The molecule has 0 heterocycles. The minimum Gasteiger partial charge on any atom is -0.352 e. The molecule has 0 aliphatic heterocycles. The topological polar surface area (TPSA) is 86.8 Å². The number of anilines is 1. The average Bonchev–Trinajstić information content (AvgIpc) is 3.07. The van der Waals surface area contributed by atoms with E-state index >= 15 is 0 Å². The molecule has 0 aromatic heterocycles. The van der Waals surface area contributed by atoms with Gasteiger partial charge in [0.2, 0.25) is 11.8 Å². The van der Waals surface area contributed by atoms with Crippen molar-refractivity contribution in [3.05, 3.63) is 130 Å². The van der Waals surface area contributed by atoms with Gasteiger partial charge < -0.3 is 10.2 Å². The summed E-state index contributed by atoms with van der Waals surface area (Å²) in [6.45, 7) is 3.38. The van der Waals surface area contributed by atoms with Gasteiger partial charge >= 0.3 is 0 Å². The maximum absolute atomic E-state index is 14.7. The zero-order chi connectivity index (χ0) is 33.4. The summed E-state index contributed by atoms with van der Waals surface area (Å²) in [4.78, 5) is 30.5. The predicted molar refractivity (Wildman–Crippen MR) is 188 cm³/mol. The molecule has 0 unspecified atom stereocenters. The van der Waals surface area contributed by atoms with E-state index in [0.717, 1.165) is 54.4 Å². The molecule has 2 amide bonds. The van der Waals surface area contributed by atoms with Gasteiger partial charge in [-0.15, -0.1) is 0 Å². The third-order valence-corrected chi connectivity index (χ3v) is 10.7. The summed E-state index contributed by atoms with van der Waals surface area (Å²) < 4.78 is 29.7. The molecule has 4 aromatic carbocycles. The Morgan fingerprint density at radius 2 is 1.47 bits per heavy atom.